The molecule has 0 atom stereocenters. The van der Waals surface area contributed by atoms with Crippen molar-refractivity contribution in [3.05, 3.63) is 41.2 Å². The summed E-state index contributed by atoms with van der Waals surface area (Å²) in [6.07, 6.45) is 0. The first kappa shape index (κ1) is 12.5. The number of nitrogens with two attached hydrogens (primary N) is 1. The number of rotatable bonds is 4. The Morgan fingerprint density at radius 3 is 2.83 bits per heavy atom. The van der Waals surface area contributed by atoms with Crippen molar-refractivity contribution in [2.45, 2.75) is 33.9 Å². The summed E-state index contributed by atoms with van der Waals surface area (Å²) in [7, 11) is 0. The van der Waals surface area contributed by atoms with Gasteiger partial charge < -0.3 is 10.5 Å². The van der Waals surface area contributed by atoms with E-state index in [1.165, 1.54) is 0 Å². The third-order valence-corrected chi connectivity index (χ3v) is 2.99. The third-order valence-electron chi connectivity index (χ3n) is 2.99. The minimum absolute atomic E-state index is 0.513. The molecule has 0 amide bonds. The lowest BCUT2D eigenvalue weighted by molar-refractivity contribution is 0.291. The molecular weight excluding hydrogens is 226 g/mol. The number of benzene rings is 1. The Morgan fingerprint density at radius 2 is 2.11 bits per heavy atom. The van der Waals surface area contributed by atoms with Crippen LogP contribution in [0.1, 0.15) is 23.9 Å². The smallest absolute Gasteiger partial charge is 0.130 e. The van der Waals surface area contributed by atoms with E-state index in [1.54, 1.807) is 0 Å². The molecule has 0 aliphatic carbocycles. The number of ether oxygens (including phenoxy) is 1. The topological polar surface area (TPSA) is 53.1 Å². The maximum atomic E-state index is 5.85. The zero-order valence-electron chi connectivity index (χ0n) is 11.1. The predicted octanol–water partition coefficient (Wildman–Crippen LogP) is 2.68. The molecule has 0 bridgehead atoms. The molecule has 0 fully saturated rings. The molecule has 0 saturated heterocycles. The molecule has 18 heavy (non-hydrogen) atoms. The molecule has 1 heterocycles. The van der Waals surface area contributed by atoms with E-state index in [0.29, 0.717) is 6.61 Å². The molecule has 0 aliphatic heterocycles. The van der Waals surface area contributed by atoms with Crippen LogP contribution < -0.4 is 10.5 Å². The largest absolute Gasteiger partial charge is 0.487 e. The van der Waals surface area contributed by atoms with E-state index in [-0.39, 0.29) is 0 Å². The lowest BCUT2D eigenvalue weighted by Crippen LogP contribution is -2.06. The van der Waals surface area contributed by atoms with E-state index in [0.717, 1.165) is 34.9 Å². The maximum absolute atomic E-state index is 5.85. The SMILES string of the molecule is CCn1nc(C)cc1COc1cccc(N)c1C. The highest BCUT2D eigenvalue weighted by molar-refractivity contribution is 5.53. The quantitative estimate of drug-likeness (QED) is 0.842. The van der Waals surface area contributed by atoms with Crippen LogP contribution in [-0.4, -0.2) is 9.78 Å². The second-order valence-electron chi connectivity index (χ2n) is 4.35. The highest BCUT2D eigenvalue weighted by atomic mass is 16.5. The summed E-state index contributed by atoms with van der Waals surface area (Å²) in [5, 5.41) is 4.39. The van der Waals surface area contributed by atoms with Crippen molar-refractivity contribution in [3.8, 4) is 5.75 Å². The highest BCUT2D eigenvalue weighted by Gasteiger charge is 2.07. The minimum atomic E-state index is 0.513. The fourth-order valence-corrected chi connectivity index (χ4v) is 1.93. The second kappa shape index (κ2) is 5.12. The minimum Gasteiger partial charge on any atom is -0.487 e. The lowest BCUT2D eigenvalue weighted by Gasteiger charge is -2.11. The average molecular weight is 245 g/mol. The number of aromatic nitrogens is 2. The Bertz CT molecular complexity index is 546. The van der Waals surface area contributed by atoms with Crippen LogP contribution in [0.15, 0.2) is 24.3 Å². The molecule has 0 unspecified atom stereocenters. The van der Waals surface area contributed by atoms with Gasteiger partial charge in [-0.3, -0.25) is 4.68 Å². The molecule has 1 aromatic heterocycles. The zero-order chi connectivity index (χ0) is 13.1. The van der Waals surface area contributed by atoms with Gasteiger partial charge in [0.25, 0.3) is 0 Å². The third kappa shape index (κ3) is 2.47. The number of hydrogen-bond donors (Lipinski definition) is 1. The molecule has 0 saturated carbocycles. The van der Waals surface area contributed by atoms with Crippen molar-refractivity contribution in [3.63, 3.8) is 0 Å². The summed E-state index contributed by atoms with van der Waals surface area (Å²) >= 11 is 0. The van der Waals surface area contributed by atoms with Crippen molar-refractivity contribution < 1.29 is 4.74 Å². The van der Waals surface area contributed by atoms with Crippen LogP contribution in [0.2, 0.25) is 0 Å². The molecule has 0 aliphatic rings. The monoisotopic (exact) mass is 245 g/mol. The van der Waals surface area contributed by atoms with Crippen molar-refractivity contribution in [1.82, 2.24) is 9.78 Å². The fraction of sp³-hybridized carbons (Fsp3) is 0.357. The van der Waals surface area contributed by atoms with Crippen LogP contribution in [-0.2, 0) is 13.2 Å². The van der Waals surface area contributed by atoms with Gasteiger partial charge in [0.05, 0.1) is 11.4 Å². The Hall–Kier alpha value is -1.97. The summed E-state index contributed by atoms with van der Waals surface area (Å²) in [4.78, 5) is 0. The summed E-state index contributed by atoms with van der Waals surface area (Å²) in [5.41, 5.74) is 9.69. The van der Waals surface area contributed by atoms with Gasteiger partial charge >= 0.3 is 0 Å². The van der Waals surface area contributed by atoms with Crippen LogP contribution in [0.4, 0.5) is 5.69 Å². The number of nitrogen functional groups attached to an aromatic ring is 1. The van der Waals surface area contributed by atoms with E-state index in [9.17, 15) is 0 Å². The Balaban J connectivity index is 2.13. The number of hydrogen-bond acceptors (Lipinski definition) is 3. The van der Waals surface area contributed by atoms with Gasteiger partial charge in [0.1, 0.15) is 12.4 Å². The normalized spacial score (nSPS) is 10.6. The van der Waals surface area contributed by atoms with E-state index in [1.807, 2.05) is 42.8 Å². The summed E-state index contributed by atoms with van der Waals surface area (Å²) < 4.78 is 7.77. The Labute approximate surface area is 107 Å². The van der Waals surface area contributed by atoms with E-state index in [2.05, 4.69) is 12.0 Å². The van der Waals surface area contributed by atoms with Gasteiger partial charge in [-0.05, 0) is 39.0 Å². The second-order valence-corrected chi connectivity index (χ2v) is 4.35. The molecule has 2 rings (SSSR count). The first-order valence-electron chi connectivity index (χ1n) is 6.13. The van der Waals surface area contributed by atoms with Crippen LogP contribution in [0.5, 0.6) is 5.75 Å². The predicted molar refractivity (Wildman–Crippen MR) is 72.6 cm³/mol. The Morgan fingerprint density at radius 1 is 1.33 bits per heavy atom. The van der Waals surface area contributed by atoms with Crippen LogP contribution >= 0.6 is 0 Å². The Kier molecular flexibility index (Phi) is 3.55. The van der Waals surface area contributed by atoms with Gasteiger partial charge in [-0.15, -0.1) is 0 Å². The zero-order valence-corrected chi connectivity index (χ0v) is 11.1. The van der Waals surface area contributed by atoms with Crippen molar-refractivity contribution in [1.29, 1.82) is 0 Å². The fourth-order valence-electron chi connectivity index (χ4n) is 1.93. The number of aryl methyl sites for hydroxylation is 2. The van der Waals surface area contributed by atoms with Gasteiger partial charge in [0.2, 0.25) is 0 Å². The molecule has 0 spiro atoms. The van der Waals surface area contributed by atoms with Crippen molar-refractivity contribution in [2.75, 3.05) is 5.73 Å². The molecular formula is C14H19N3O. The van der Waals surface area contributed by atoms with Crippen molar-refractivity contribution >= 4 is 5.69 Å². The molecule has 4 nitrogen and oxygen atoms in total. The molecule has 4 heteroatoms. The van der Waals surface area contributed by atoms with Crippen LogP contribution in [0, 0.1) is 13.8 Å². The van der Waals surface area contributed by atoms with Crippen LogP contribution in [0.3, 0.4) is 0 Å². The van der Waals surface area contributed by atoms with Gasteiger partial charge in [0, 0.05) is 17.8 Å². The van der Waals surface area contributed by atoms with Gasteiger partial charge in [-0.2, -0.15) is 5.10 Å². The lowest BCUT2D eigenvalue weighted by atomic mass is 10.2. The van der Waals surface area contributed by atoms with Gasteiger partial charge in [0.15, 0.2) is 0 Å². The summed E-state index contributed by atoms with van der Waals surface area (Å²) in [6.45, 7) is 7.39. The number of anilines is 1. The maximum Gasteiger partial charge on any atom is 0.130 e. The first-order chi connectivity index (χ1) is 8.61. The molecule has 2 N–H and O–H groups in total. The van der Waals surface area contributed by atoms with Crippen LogP contribution in [0.25, 0.3) is 0 Å². The van der Waals surface area contributed by atoms with E-state index in [4.69, 9.17) is 10.5 Å². The first-order valence-corrected chi connectivity index (χ1v) is 6.13. The van der Waals surface area contributed by atoms with E-state index >= 15 is 0 Å². The van der Waals surface area contributed by atoms with E-state index < -0.39 is 0 Å². The van der Waals surface area contributed by atoms with Gasteiger partial charge in [-0.25, -0.2) is 0 Å². The average Bonchev–Trinajstić information content (AvgIpc) is 2.71. The van der Waals surface area contributed by atoms with Crippen molar-refractivity contribution in [2.24, 2.45) is 0 Å². The molecule has 1 aromatic carbocycles. The molecule has 2 aromatic rings. The summed E-state index contributed by atoms with van der Waals surface area (Å²) in [6, 6.07) is 7.76. The molecule has 96 valence electrons. The summed E-state index contributed by atoms with van der Waals surface area (Å²) in [5.74, 6) is 0.830. The molecule has 0 radical (unpaired) electrons. The van der Waals surface area contributed by atoms with Gasteiger partial charge in [-0.1, -0.05) is 6.07 Å². The standard InChI is InChI=1S/C14H19N3O/c1-4-17-12(8-10(2)16-17)9-18-14-7-5-6-13(15)11(14)3/h5-8H,4,9,15H2,1-3H3. The highest BCUT2D eigenvalue weighted by Crippen LogP contribution is 2.23. The number of nitrogens with zero attached hydrogens (tertiary/aromatic N) is 2.